The largest absolute Gasteiger partial charge is 0.351 e. The number of nitrogens with zero attached hydrogens (tertiary/aromatic N) is 1. The lowest BCUT2D eigenvalue weighted by Gasteiger charge is -1.98. The second-order valence-electron chi connectivity index (χ2n) is 2.53. The molecule has 1 N–H and O–H groups in total. The number of hydrogen-bond donors (Lipinski definition) is 1. The van der Waals surface area contributed by atoms with Gasteiger partial charge in [0.05, 0.1) is 4.88 Å². The van der Waals surface area contributed by atoms with Crippen LogP contribution < -0.4 is 5.32 Å². The highest BCUT2D eigenvalue weighted by atomic mass is 32.1. The van der Waals surface area contributed by atoms with E-state index in [-0.39, 0.29) is 5.91 Å². The third-order valence-electron chi connectivity index (χ3n) is 1.48. The molecule has 0 aliphatic carbocycles. The fourth-order valence-corrected chi connectivity index (χ4v) is 1.57. The molecule has 0 saturated heterocycles. The Bertz CT molecular complexity index is 338. The van der Waals surface area contributed by atoms with Gasteiger partial charge in [0.25, 0.3) is 5.91 Å². The molecule has 1 heterocycles. The monoisotopic (exact) mass is 194 g/mol. The molecular weight excluding hydrogens is 184 g/mol. The molecule has 13 heavy (non-hydrogen) atoms. The predicted molar refractivity (Wildman–Crippen MR) is 51.7 cm³/mol. The maximum Gasteiger partial charge on any atom is 0.261 e. The molecule has 0 bridgehead atoms. The average Bonchev–Trinajstić information content (AvgIpc) is 2.62. The van der Waals surface area contributed by atoms with Gasteiger partial charge in [-0.25, -0.2) is 0 Å². The smallest absolute Gasteiger partial charge is 0.261 e. The van der Waals surface area contributed by atoms with Crippen molar-refractivity contribution in [1.29, 1.82) is 5.26 Å². The highest BCUT2D eigenvalue weighted by Gasteiger charge is 2.07. The zero-order chi connectivity index (χ0) is 9.68. The van der Waals surface area contributed by atoms with Crippen molar-refractivity contribution < 1.29 is 4.79 Å². The number of hydrogen-bond acceptors (Lipinski definition) is 3. The number of thiophene rings is 1. The Labute approximate surface area is 81.0 Å². The van der Waals surface area contributed by atoms with Crippen LogP contribution in [0.25, 0.3) is 0 Å². The molecule has 0 radical (unpaired) electrons. The van der Waals surface area contributed by atoms with Gasteiger partial charge in [-0.2, -0.15) is 5.26 Å². The van der Waals surface area contributed by atoms with Gasteiger partial charge in [-0.1, -0.05) is 6.92 Å². The highest BCUT2D eigenvalue weighted by Crippen LogP contribution is 2.14. The number of nitriles is 1. The van der Waals surface area contributed by atoms with Gasteiger partial charge in [0, 0.05) is 6.54 Å². The van der Waals surface area contributed by atoms with E-state index in [1.54, 1.807) is 12.1 Å². The molecule has 68 valence electrons. The van der Waals surface area contributed by atoms with Gasteiger partial charge in [0.2, 0.25) is 0 Å². The van der Waals surface area contributed by atoms with Crippen LogP contribution in [0.4, 0.5) is 0 Å². The fraction of sp³-hybridized carbons (Fsp3) is 0.333. The summed E-state index contributed by atoms with van der Waals surface area (Å²) < 4.78 is 0. The van der Waals surface area contributed by atoms with E-state index in [2.05, 4.69) is 5.32 Å². The topological polar surface area (TPSA) is 52.9 Å². The third-order valence-corrected chi connectivity index (χ3v) is 2.46. The van der Waals surface area contributed by atoms with Crippen molar-refractivity contribution in [3.8, 4) is 6.07 Å². The van der Waals surface area contributed by atoms with Crippen LogP contribution in [0, 0.1) is 11.3 Å². The standard InChI is InChI=1S/C9H10N2OS/c1-2-5-11-9(12)8-4-3-7(6-10)13-8/h3-4H,2,5H2,1H3,(H,11,12). The van der Waals surface area contributed by atoms with Crippen molar-refractivity contribution in [2.45, 2.75) is 13.3 Å². The molecule has 0 atom stereocenters. The molecule has 1 amide bonds. The number of amides is 1. The summed E-state index contributed by atoms with van der Waals surface area (Å²) in [5, 5.41) is 11.3. The molecule has 0 aliphatic heterocycles. The Kier molecular flexibility index (Phi) is 3.47. The van der Waals surface area contributed by atoms with Gasteiger partial charge in [-0.05, 0) is 18.6 Å². The van der Waals surface area contributed by atoms with Gasteiger partial charge >= 0.3 is 0 Å². The molecule has 1 aromatic heterocycles. The van der Waals surface area contributed by atoms with Gasteiger partial charge in [0.1, 0.15) is 10.9 Å². The van der Waals surface area contributed by atoms with Crippen molar-refractivity contribution in [3.63, 3.8) is 0 Å². The van der Waals surface area contributed by atoms with Crippen LogP contribution in [-0.4, -0.2) is 12.5 Å². The van der Waals surface area contributed by atoms with E-state index in [0.29, 0.717) is 16.3 Å². The second kappa shape index (κ2) is 4.63. The molecule has 0 aliphatic rings. The van der Waals surface area contributed by atoms with Crippen molar-refractivity contribution in [2.75, 3.05) is 6.54 Å². The van der Waals surface area contributed by atoms with Crippen molar-refractivity contribution >= 4 is 17.2 Å². The van der Waals surface area contributed by atoms with E-state index >= 15 is 0 Å². The van der Waals surface area contributed by atoms with Crippen LogP contribution in [0.2, 0.25) is 0 Å². The Morgan fingerprint density at radius 1 is 1.69 bits per heavy atom. The van der Waals surface area contributed by atoms with Gasteiger partial charge in [-0.3, -0.25) is 4.79 Å². The molecule has 0 fully saturated rings. The molecule has 0 aromatic carbocycles. The predicted octanol–water partition coefficient (Wildman–Crippen LogP) is 1.76. The summed E-state index contributed by atoms with van der Waals surface area (Å²) in [5.74, 6) is -0.0895. The van der Waals surface area contributed by atoms with Gasteiger partial charge < -0.3 is 5.32 Å². The van der Waals surface area contributed by atoms with E-state index in [1.165, 1.54) is 11.3 Å². The SMILES string of the molecule is CCCNC(=O)c1ccc(C#N)s1. The summed E-state index contributed by atoms with van der Waals surface area (Å²) in [4.78, 5) is 12.5. The Morgan fingerprint density at radius 2 is 2.46 bits per heavy atom. The van der Waals surface area contributed by atoms with Gasteiger partial charge in [-0.15, -0.1) is 11.3 Å². The summed E-state index contributed by atoms with van der Waals surface area (Å²) in [6.45, 7) is 2.67. The summed E-state index contributed by atoms with van der Waals surface area (Å²) in [5.41, 5.74) is 0. The van der Waals surface area contributed by atoms with Crippen molar-refractivity contribution in [3.05, 3.63) is 21.9 Å². The van der Waals surface area contributed by atoms with E-state index in [0.717, 1.165) is 6.42 Å². The molecule has 1 rings (SSSR count). The lowest BCUT2D eigenvalue weighted by molar-refractivity contribution is 0.0957. The molecule has 4 heteroatoms. The second-order valence-corrected chi connectivity index (χ2v) is 3.62. The summed E-state index contributed by atoms with van der Waals surface area (Å²) in [7, 11) is 0. The van der Waals surface area contributed by atoms with E-state index < -0.39 is 0 Å². The summed E-state index contributed by atoms with van der Waals surface area (Å²) in [6, 6.07) is 5.33. The van der Waals surface area contributed by atoms with Crippen LogP contribution in [0.15, 0.2) is 12.1 Å². The first kappa shape index (κ1) is 9.75. The van der Waals surface area contributed by atoms with Crippen LogP contribution in [0.5, 0.6) is 0 Å². The Balaban J connectivity index is 2.62. The minimum absolute atomic E-state index is 0.0895. The summed E-state index contributed by atoms with van der Waals surface area (Å²) >= 11 is 1.22. The molecule has 3 nitrogen and oxygen atoms in total. The van der Waals surface area contributed by atoms with Crippen molar-refractivity contribution in [2.24, 2.45) is 0 Å². The van der Waals surface area contributed by atoms with E-state index in [9.17, 15) is 4.79 Å². The van der Waals surface area contributed by atoms with Gasteiger partial charge in [0.15, 0.2) is 0 Å². The van der Waals surface area contributed by atoms with Crippen LogP contribution >= 0.6 is 11.3 Å². The molecule has 0 spiro atoms. The quantitative estimate of drug-likeness (QED) is 0.797. The maximum absolute atomic E-state index is 11.3. The first-order valence-corrected chi connectivity index (χ1v) is 4.87. The lowest BCUT2D eigenvalue weighted by Crippen LogP contribution is -2.22. The van der Waals surface area contributed by atoms with Crippen LogP contribution in [0.1, 0.15) is 27.9 Å². The average molecular weight is 194 g/mol. The van der Waals surface area contributed by atoms with Crippen molar-refractivity contribution in [1.82, 2.24) is 5.32 Å². The van der Waals surface area contributed by atoms with Crippen LogP contribution in [0.3, 0.4) is 0 Å². The van der Waals surface area contributed by atoms with Crippen LogP contribution in [-0.2, 0) is 0 Å². The third kappa shape index (κ3) is 2.56. The zero-order valence-corrected chi connectivity index (χ0v) is 8.15. The molecule has 0 saturated carbocycles. The number of nitrogens with one attached hydrogen (secondary N) is 1. The first-order chi connectivity index (χ1) is 6.27. The molecular formula is C9H10N2OS. The van der Waals surface area contributed by atoms with E-state index in [1.807, 2.05) is 13.0 Å². The fourth-order valence-electron chi connectivity index (χ4n) is 0.846. The highest BCUT2D eigenvalue weighted by molar-refractivity contribution is 7.14. The lowest BCUT2D eigenvalue weighted by atomic mass is 10.4. The zero-order valence-electron chi connectivity index (χ0n) is 7.33. The minimum atomic E-state index is -0.0895. The number of carbonyl (C=O) groups is 1. The Morgan fingerprint density at radius 3 is 3.00 bits per heavy atom. The minimum Gasteiger partial charge on any atom is -0.351 e. The first-order valence-electron chi connectivity index (χ1n) is 4.06. The normalized spacial score (nSPS) is 9.23. The molecule has 1 aromatic rings. The number of rotatable bonds is 3. The maximum atomic E-state index is 11.3. The Hall–Kier alpha value is -1.34. The molecule has 0 unspecified atom stereocenters. The summed E-state index contributed by atoms with van der Waals surface area (Å²) in [6.07, 6.45) is 0.919. The van der Waals surface area contributed by atoms with E-state index in [4.69, 9.17) is 5.26 Å². The number of carbonyl (C=O) groups excluding carboxylic acids is 1.